The van der Waals surface area contributed by atoms with Crippen LogP contribution in [0.4, 0.5) is 5.69 Å². The van der Waals surface area contributed by atoms with Crippen molar-refractivity contribution in [2.45, 2.75) is 6.54 Å². The lowest BCUT2D eigenvalue weighted by Gasteiger charge is -2.17. The van der Waals surface area contributed by atoms with Crippen molar-refractivity contribution in [3.63, 3.8) is 0 Å². The van der Waals surface area contributed by atoms with Crippen molar-refractivity contribution >= 4 is 28.5 Å². The van der Waals surface area contributed by atoms with Crippen LogP contribution in [0.5, 0.6) is 17.2 Å². The van der Waals surface area contributed by atoms with E-state index in [1.165, 1.54) is 40.6 Å². The summed E-state index contributed by atoms with van der Waals surface area (Å²) in [6, 6.07) is 15.6. The molecule has 1 amide bonds. The fourth-order valence-electron chi connectivity index (χ4n) is 4.13. The molecule has 0 saturated heterocycles. The van der Waals surface area contributed by atoms with Crippen LogP contribution in [0.25, 0.3) is 16.6 Å². The first kappa shape index (κ1) is 26.0. The van der Waals surface area contributed by atoms with Gasteiger partial charge in [-0.2, -0.15) is 0 Å². The van der Waals surface area contributed by atoms with Gasteiger partial charge >= 0.3 is 11.7 Å². The number of amides is 1. The Bertz CT molecular complexity index is 1630. The average molecular weight is 520 g/mol. The van der Waals surface area contributed by atoms with E-state index in [-0.39, 0.29) is 22.2 Å². The van der Waals surface area contributed by atoms with Gasteiger partial charge in [0.2, 0.25) is 11.7 Å². The number of hydrogen-bond donors (Lipinski definition) is 1. The van der Waals surface area contributed by atoms with Crippen LogP contribution >= 0.6 is 0 Å². The van der Waals surface area contributed by atoms with Crippen molar-refractivity contribution in [3.8, 4) is 22.9 Å². The number of nitrogens with one attached hydrogen (secondary N) is 1. The number of methoxy groups -OCH3 is 4. The third-order valence-electron chi connectivity index (χ3n) is 5.85. The highest BCUT2D eigenvalue weighted by Gasteiger charge is 2.21. The molecule has 0 aliphatic rings. The molecule has 0 spiro atoms. The molecule has 11 heteroatoms. The zero-order chi connectivity index (χ0) is 27.4. The summed E-state index contributed by atoms with van der Waals surface area (Å²) in [6.45, 7) is -0.434. The molecule has 3 aromatic carbocycles. The summed E-state index contributed by atoms with van der Waals surface area (Å²) in [5.41, 5.74) is -0.773. The Morgan fingerprint density at radius 1 is 0.842 bits per heavy atom. The first-order chi connectivity index (χ1) is 18.3. The molecule has 196 valence electrons. The maximum Gasteiger partial charge on any atom is 0.339 e. The molecule has 4 aromatic rings. The maximum atomic E-state index is 13.7. The van der Waals surface area contributed by atoms with Crippen molar-refractivity contribution in [1.82, 2.24) is 9.13 Å². The third-order valence-corrected chi connectivity index (χ3v) is 5.85. The number of hydrogen-bond acceptors (Lipinski definition) is 8. The molecule has 0 saturated carbocycles. The summed E-state index contributed by atoms with van der Waals surface area (Å²) >= 11 is 0. The van der Waals surface area contributed by atoms with Gasteiger partial charge in [0.25, 0.3) is 5.56 Å². The number of rotatable bonds is 8. The molecule has 0 aliphatic heterocycles. The molecule has 1 N–H and O–H groups in total. The zero-order valence-corrected chi connectivity index (χ0v) is 21.1. The number of fused-ring (bicyclic) bond motifs is 1. The SMILES string of the molecule is COC(=O)c1ccccc1-n1c(=O)c2ccccc2n(CC(=O)Nc2cc(OC)c(OC)c(OC)c2)c1=O. The smallest absolute Gasteiger partial charge is 0.339 e. The van der Waals surface area contributed by atoms with E-state index in [1.807, 2.05) is 0 Å². The van der Waals surface area contributed by atoms with E-state index in [0.717, 1.165) is 9.13 Å². The van der Waals surface area contributed by atoms with Gasteiger partial charge in [0, 0.05) is 17.8 Å². The Kier molecular flexibility index (Phi) is 7.47. The van der Waals surface area contributed by atoms with Gasteiger partial charge < -0.3 is 24.3 Å². The van der Waals surface area contributed by atoms with E-state index < -0.39 is 29.7 Å². The van der Waals surface area contributed by atoms with Gasteiger partial charge in [-0.1, -0.05) is 24.3 Å². The number of aromatic nitrogens is 2. The molecule has 4 rings (SSSR count). The summed E-state index contributed by atoms with van der Waals surface area (Å²) in [5, 5.41) is 2.91. The topological polar surface area (TPSA) is 127 Å². The predicted molar refractivity (Wildman–Crippen MR) is 140 cm³/mol. The number of anilines is 1. The summed E-state index contributed by atoms with van der Waals surface area (Å²) in [6.07, 6.45) is 0. The largest absolute Gasteiger partial charge is 0.493 e. The van der Waals surface area contributed by atoms with Crippen LogP contribution in [-0.4, -0.2) is 49.4 Å². The second-order valence-corrected chi connectivity index (χ2v) is 8.00. The maximum absolute atomic E-state index is 13.7. The summed E-state index contributed by atoms with van der Waals surface area (Å²) < 4.78 is 22.8. The fourth-order valence-corrected chi connectivity index (χ4v) is 4.13. The van der Waals surface area contributed by atoms with E-state index in [0.29, 0.717) is 22.9 Å². The lowest BCUT2D eigenvalue weighted by molar-refractivity contribution is -0.116. The van der Waals surface area contributed by atoms with Gasteiger partial charge in [0.1, 0.15) is 6.54 Å². The molecule has 1 aromatic heterocycles. The second-order valence-electron chi connectivity index (χ2n) is 8.00. The van der Waals surface area contributed by atoms with Crippen LogP contribution in [0.15, 0.2) is 70.3 Å². The van der Waals surface area contributed by atoms with E-state index in [9.17, 15) is 19.2 Å². The lowest BCUT2D eigenvalue weighted by Crippen LogP contribution is -2.41. The van der Waals surface area contributed by atoms with Gasteiger partial charge in [-0.3, -0.25) is 14.2 Å². The van der Waals surface area contributed by atoms with Crippen molar-refractivity contribution in [2.24, 2.45) is 0 Å². The van der Waals surface area contributed by atoms with Crippen molar-refractivity contribution < 1.29 is 28.5 Å². The number of para-hydroxylation sites is 2. The molecule has 0 unspecified atom stereocenters. The lowest BCUT2D eigenvalue weighted by atomic mass is 10.1. The molecule has 0 fully saturated rings. The number of carbonyl (C=O) groups excluding carboxylic acids is 2. The number of nitrogens with zero attached hydrogens (tertiary/aromatic N) is 2. The summed E-state index contributed by atoms with van der Waals surface area (Å²) in [5.74, 6) is -0.258. The molecular weight excluding hydrogens is 494 g/mol. The normalized spacial score (nSPS) is 10.6. The molecule has 0 atom stereocenters. The minimum Gasteiger partial charge on any atom is -0.493 e. The number of esters is 1. The molecule has 0 aliphatic carbocycles. The van der Waals surface area contributed by atoms with Crippen LogP contribution in [-0.2, 0) is 16.1 Å². The first-order valence-electron chi connectivity index (χ1n) is 11.4. The third kappa shape index (κ3) is 4.69. The zero-order valence-electron chi connectivity index (χ0n) is 21.1. The predicted octanol–water partition coefficient (Wildman–Crippen LogP) is 2.60. The highest BCUT2D eigenvalue weighted by atomic mass is 16.5. The quantitative estimate of drug-likeness (QED) is 0.352. The van der Waals surface area contributed by atoms with Gasteiger partial charge in [-0.05, 0) is 24.3 Å². The highest BCUT2D eigenvalue weighted by molar-refractivity contribution is 5.94. The fraction of sp³-hybridized carbons (Fsp3) is 0.185. The van der Waals surface area contributed by atoms with Gasteiger partial charge in [0.15, 0.2) is 11.5 Å². The molecule has 1 heterocycles. The number of ether oxygens (including phenoxy) is 4. The average Bonchev–Trinajstić information content (AvgIpc) is 2.94. The van der Waals surface area contributed by atoms with E-state index >= 15 is 0 Å². The number of benzene rings is 3. The first-order valence-corrected chi connectivity index (χ1v) is 11.4. The van der Waals surface area contributed by atoms with Crippen molar-refractivity contribution in [3.05, 3.63) is 87.1 Å². The van der Waals surface area contributed by atoms with E-state index in [2.05, 4.69) is 5.32 Å². The second kappa shape index (κ2) is 10.9. The minimum absolute atomic E-state index is 0.0258. The molecule has 0 bridgehead atoms. The Balaban J connectivity index is 1.83. The summed E-state index contributed by atoms with van der Waals surface area (Å²) in [4.78, 5) is 52.6. The Morgan fingerprint density at radius 3 is 2.11 bits per heavy atom. The Labute approximate surface area is 216 Å². The monoisotopic (exact) mass is 519 g/mol. The molecular formula is C27H25N3O8. The van der Waals surface area contributed by atoms with Crippen LogP contribution in [0.3, 0.4) is 0 Å². The standard InChI is InChI=1S/C27H25N3O8/c1-35-21-13-16(14-22(36-2)24(21)37-3)28-23(31)15-29-19-11-7-5-9-17(19)25(32)30(27(29)34)20-12-8-6-10-18(20)26(33)38-4/h5-14H,15H2,1-4H3,(H,28,31). The number of carbonyl (C=O) groups is 2. The van der Waals surface area contributed by atoms with E-state index in [4.69, 9.17) is 18.9 Å². The molecule has 0 radical (unpaired) electrons. The highest BCUT2D eigenvalue weighted by Crippen LogP contribution is 2.39. The van der Waals surface area contributed by atoms with Gasteiger partial charge in [0.05, 0.1) is 50.6 Å². The van der Waals surface area contributed by atoms with Crippen LogP contribution in [0.2, 0.25) is 0 Å². The minimum atomic E-state index is -0.801. The molecule has 11 nitrogen and oxygen atoms in total. The Hall–Kier alpha value is -5.06. The van der Waals surface area contributed by atoms with Crippen LogP contribution in [0.1, 0.15) is 10.4 Å². The van der Waals surface area contributed by atoms with Gasteiger partial charge in [-0.15, -0.1) is 0 Å². The van der Waals surface area contributed by atoms with Gasteiger partial charge in [-0.25, -0.2) is 14.2 Å². The summed E-state index contributed by atoms with van der Waals surface area (Å²) in [7, 11) is 5.56. The van der Waals surface area contributed by atoms with Crippen LogP contribution < -0.4 is 30.8 Å². The van der Waals surface area contributed by atoms with Crippen molar-refractivity contribution in [2.75, 3.05) is 33.8 Å². The van der Waals surface area contributed by atoms with Crippen molar-refractivity contribution in [1.29, 1.82) is 0 Å². The Morgan fingerprint density at radius 2 is 1.47 bits per heavy atom. The van der Waals surface area contributed by atoms with Crippen LogP contribution in [0, 0.1) is 0 Å². The molecule has 38 heavy (non-hydrogen) atoms. The van der Waals surface area contributed by atoms with E-state index in [1.54, 1.807) is 48.5 Å².